The van der Waals surface area contributed by atoms with Crippen molar-refractivity contribution in [1.82, 2.24) is 4.57 Å². The van der Waals surface area contributed by atoms with E-state index >= 15 is 0 Å². The second-order valence-electron chi connectivity index (χ2n) is 5.31. The van der Waals surface area contributed by atoms with Crippen molar-refractivity contribution in [2.24, 2.45) is 0 Å². The molecular weight excluding hydrogens is 382 g/mol. The minimum Gasteiger partial charge on any atom is -0.398 e. The molecule has 5 nitrogen and oxygen atoms in total. The van der Waals surface area contributed by atoms with Gasteiger partial charge in [-0.3, -0.25) is 9.59 Å². The number of anilines is 2. The average Bonchev–Trinajstić information content (AvgIpc) is 2.51. The van der Waals surface area contributed by atoms with Crippen molar-refractivity contribution in [3.63, 3.8) is 0 Å². The number of amides is 1. The van der Waals surface area contributed by atoms with E-state index in [9.17, 15) is 9.59 Å². The van der Waals surface area contributed by atoms with Crippen LogP contribution < -0.4 is 16.2 Å². The molecule has 2 heterocycles. The maximum Gasteiger partial charge on any atom is 0.251 e. The van der Waals surface area contributed by atoms with Crippen LogP contribution in [-0.4, -0.2) is 17.0 Å². The number of hydrogen-bond acceptors (Lipinski definition) is 3. The van der Waals surface area contributed by atoms with Crippen LogP contribution in [0.15, 0.2) is 45.8 Å². The van der Waals surface area contributed by atoms with E-state index in [2.05, 4.69) is 15.9 Å². The van der Waals surface area contributed by atoms with Gasteiger partial charge in [-0.25, -0.2) is 0 Å². The first-order valence-electron chi connectivity index (χ1n) is 7.10. The Morgan fingerprint density at radius 3 is 2.83 bits per heavy atom. The van der Waals surface area contributed by atoms with Gasteiger partial charge < -0.3 is 15.2 Å². The summed E-state index contributed by atoms with van der Waals surface area (Å²) in [4.78, 5) is 26.2. The molecule has 2 aromatic rings. The zero-order valence-corrected chi connectivity index (χ0v) is 14.8. The van der Waals surface area contributed by atoms with Gasteiger partial charge in [0.25, 0.3) is 5.56 Å². The molecular formula is C16H17BrClN3O2. The third-order valence-electron chi connectivity index (χ3n) is 3.84. The molecule has 3 rings (SSSR count). The second-order valence-corrected chi connectivity index (χ2v) is 6.22. The minimum absolute atomic E-state index is 0. The highest BCUT2D eigenvalue weighted by Crippen LogP contribution is 2.31. The molecule has 1 aromatic carbocycles. The van der Waals surface area contributed by atoms with E-state index in [1.54, 1.807) is 17.2 Å². The summed E-state index contributed by atoms with van der Waals surface area (Å²) >= 11 is 3.32. The van der Waals surface area contributed by atoms with Crippen LogP contribution in [0.2, 0.25) is 0 Å². The zero-order chi connectivity index (χ0) is 15.7. The summed E-state index contributed by atoms with van der Waals surface area (Å²) in [5.74, 6) is -0.105. The molecule has 0 saturated carbocycles. The smallest absolute Gasteiger partial charge is 0.251 e. The van der Waals surface area contributed by atoms with Crippen molar-refractivity contribution in [3.05, 3.63) is 56.9 Å². The summed E-state index contributed by atoms with van der Waals surface area (Å²) in [7, 11) is 0. The van der Waals surface area contributed by atoms with Crippen LogP contribution in [0, 0.1) is 0 Å². The number of fused-ring (bicyclic) bond motifs is 1. The van der Waals surface area contributed by atoms with Gasteiger partial charge in [0.1, 0.15) is 6.54 Å². The molecule has 1 aliphatic rings. The first-order valence-corrected chi connectivity index (χ1v) is 7.89. The number of pyridine rings is 1. The van der Waals surface area contributed by atoms with Gasteiger partial charge in [-0.1, -0.05) is 6.07 Å². The predicted octanol–water partition coefficient (Wildman–Crippen LogP) is 2.59. The maximum absolute atomic E-state index is 12.6. The molecule has 0 unspecified atom stereocenters. The van der Waals surface area contributed by atoms with Crippen molar-refractivity contribution >= 4 is 45.6 Å². The minimum atomic E-state index is -0.193. The van der Waals surface area contributed by atoms with Crippen molar-refractivity contribution in [3.8, 4) is 0 Å². The van der Waals surface area contributed by atoms with E-state index in [1.807, 2.05) is 18.2 Å². The number of nitrogens with zero attached hydrogens (tertiary/aromatic N) is 2. The van der Waals surface area contributed by atoms with Gasteiger partial charge in [-0.15, -0.1) is 12.4 Å². The number of halogens is 2. The van der Waals surface area contributed by atoms with E-state index in [-0.39, 0.29) is 30.4 Å². The lowest BCUT2D eigenvalue weighted by atomic mass is 10.00. The Bertz CT molecular complexity index is 791. The molecule has 122 valence electrons. The van der Waals surface area contributed by atoms with Crippen molar-refractivity contribution in [2.75, 3.05) is 17.2 Å². The van der Waals surface area contributed by atoms with E-state index in [4.69, 9.17) is 5.73 Å². The molecule has 1 amide bonds. The number of nitrogen functional groups attached to an aromatic ring is 1. The van der Waals surface area contributed by atoms with Crippen molar-refractivity contribution in [2.45, 2.75) is 19.4 Å². The van der Waals surface area contributed by atoms with Crippen molar-refractivity contribution in [1.29, 1.82) is 0 Å². The Labute approximate surface area is 148 Å². The number of rotatable bonds is 2. The van der Waals surface area contributed by atoms with Crippen LogP contribution in [0.25, 0.3) is 0 Å². The number of nitrogens with two attached hydrogens (primary N) is 1. The normalized spacial score (nSPS) is 13.2. The van der Waals surface area contributed by atoms with Crippen LogP contribution in [0.3, 0.4) is 0 Å². The van der Waals surface area contributed by atoms with Gasteiger partial charge in [0.15, 0.2) is 0 Å². The Kier molecular flexibility index (Phi) is 5.49. The molecule has 0 bridgehead atoms. The Hall–Kier alpha value is -1.79. The highest BCUT2D eigenvalue weighted by Gasteiger charge is 2.23. The Morgan fingerprint density at radius 2 is 2.04 bits per heavy atom. The summed E-state index contributed by atoms with van der Waals surface area (Å²) in [6, 6.07) is 8.73. The predicted molar refractivity (Wildman–Crippen MR) is 97.2 cm³/mol. The average molecular weight is 399 g/mol. The molecule has 0 atom stereocenters. The van der Waals surface area contributed by atoms with Gasteiger partial charge in [-0.2, -0.15) is 0 Å². The number of hydrogen-bond donors (Lipinski definition) is 1. The fourth-order valence-electron chi connectivity index (χ4n) is 2.77. The third kappa shape index (κ3) is 3.59. The molecule has 2 N–H and O–H groups in total. The number of aromatic nitrogens is 1. The summed E-state index contributed by atoms with van der Waals surface area (Å²) in [5.41, 5.74) is 8.40. The summed E-state index contributed by atoms with van der Waals surface area (Å²) in [5, 5.41) is 0. The largest absolute Gasteiger partial charge is 0.398 e. The molecule has 7 heteroatoms. The van der Waals surface area contributed by atoms with E-state index in [1.165, 1.54) is 10.6 Å². The molecule has 0 radical (unpaired) electrons. The Morgan fingerprint density at radius 1 is 1.26 bits per heavy atom. The molecule has 0 fully saturated rings. The van der Waals surface area contributed by atoms with Gasteiger partial charge in [0.2, 0.25) is 5.91 Å². The fraction of sp³-hybridized carbons (Fsp3) is 0.250. The molecule has 0 spiro atoms. The Balaban J connectivity index is 0.00000192. The lowest BCUT2D eigenvalue weighted by Crippen LogP contribution is -2.39. The fourth-order valence-corrected chi connectivity index (χ4v) is 3.15. The molecule has 0 saturated heterocycles. The highest BCUT2D eigenvalue weighted by molar-refractivity contribution is 9.10. The quantitative estimate of drug-likeness (QED) is 0.791. The molecule has 23 heavy (non-hydrogen) atoms. The van der Waals surface area contributed by atoms with Crippen LogP contribution in [0.4, 0.5) is 11.4 Å². The number of benzene rings is 1. The topological polar surface area (TPSA) is 68.3 Å². The molecule has 0 aliphatic carbocycles. The number of carbonyl (C=O) groups excluding carboxylic acids is 1. The summed E-state index contributed by atoms with van der Waals surface area (Å²) in [6.07, 6.45) is 3.38. The SMILES string of the molecule is Cl.Nc1cccc2c1CCCN2C(=O)Cn1cc(Br)ccc1=O. The standard InChI is InChI=1S/C16H16BrN3O2.ClH/c17-11-6-7-15(21)19(9-11)10-16(22)20-8-2-3-12-13(18)4-1-5-14(12)20;/h1,4-7,9H,2-3,8,10,18H2;1H. The first kappa shape index (κ1) is 17.6. The summed E-state index contributed by atoms with van der Waals surface area (Å²) < 4.78 is 2.18. The van der Waals surface area contributed by atoms with Gasteiger partial charge in [0.05, 0.1) is 0 Å². The maximum atomic E-state index is 12.6. The summed E-state index contributed by atoms with van der Waals surface area (Å²) in [6.45, 7) is 0.671. The lowest BCUT2D eigenvalue weighted by molar-refractivity contribution is -0.119. The number of carbonyl (C=O) groups is 1. The zero-order valence-electron chi connectivity index (χ0n) is 12.4. The van der Waals surface area contributed by atoms with Gasteiger partial charge in [-0.05, 0) is 52.5 Å². The lowest BCUT2D eigenvalue weighted by Gasteiger charge is -2.30. The van der Waals surface area contributed by atoms with E-state index in [0.29, 0.717) is 6.54 Å². The molecule has 1 aromatic heterocycles. The van der Waals surface area contributed by atoms with E-state index in [0.717, 1.165) is 34.3 Å². The monoisotopic (exact) mass is 397 g/mol. The highest BCUT2D eigenvalue weighted by atomic mass is 79.9. The molecule has 1 aliphatic heterocycles. The van der Waals surface area contributed by atoms with Crippen molar-refractivity contribution < 1.29 is 4.79 Å². The second kappa shape index (κ2) is 7.19. The third-order valence-corrected chi connectivity index (χ3v) is 4.31. The first-order chi connectivity index (χ1) is 10.6. The van der Waals surface area contributed by atoms with Crippen LogP contribution >= 0.6 is 28.3 Å². The van der Waals surface area contributed by atoms with Crippen LogP contribution in [0.1, 0.15) is 12.0 Å². The van der Waals surface area contributed by atoms with E-state index < -0.39 is 0 Å². The van der Waals surface area contributed by atoms with Gasteiger partial charge >= 0.3 is 0 Å². The van der Waals surface area contributed by atoms with Gasteiger partial charge in [0, 0.05) is 34.7 Å². The van der Waals surface area contributed by atoms with Crippen LogP contribution in [-0.2, 0) is 17.8 Å². The van der Waals surface area contributed by atoms with Crippen LogP contribution in [0.5, 0.6) is 0 Å².